The molecule has 2 nitrogen and oxygen atoms in total. The van der Waals surface area contributed by atoms with E-state index in [2.05, 4.69) is 6.92 Å². The second kappa shape index (κ2) is 11.7. The van der Waals surface area contributed by atoms with Crippen molar-refractivity contribution in [2.45, 2.75) is 33.3 Å². The maximum atomic E-state index is 4.75. The molecular weight excluding hydrogens is 128 g/mol. The summed E-state index contributed by atoms with van der Waals surface area (Å²) in [7, 11) is 3.41. The Balaban J connectivity index is 0. The fourth-order valence-electron chi connectivity index (χ4n) is 0.204. The number of hydrogen-bond acceptors (Lipinski definition) is 2. The smallest absolute Gasteiger partial charge is 0.0515 e. The van der Waals surface area contributed by atoms with Crippen molar-refractivity contribution in [2.24, 2.45) is 0 Å². The van der Waals surface area contributed by atoms with Gasteiger partial charge in [-0.2, -0.15) is 0 Å². The summed E-state index contributed by atoms with van der Waals surface area (Å²) >= 11 is 0. The highest BCUT2D eigenvalue weighted by Gasteiger charge is 1.78. The summed E-state index contributed by atoms with van der Waals surface area (Å²) in [6.07, 6.45) is 1.51. The molecule has 0 aliphatic heterocycles. The van der Waals surface area contributed by atoms with E-state index in [-0.39, 0.29) is 0 Å². The minimum atomic E-state index is 0.384. The van der Waals surface area contributed by atoms with E-state index in [1.54, 1.807) is 14.2 Å². The highest BCUT2D eigenvalue weighted by molar-refractivity contribution is 4.27. The minimum Gasteiger partial charge on any atom is -0.385 e. The average Bonchev–Trinajstić information content (AvgIpc) is 1.91. The van der Waals surface area contributed by atoms with Gasteiger partial charge in [0.2, 0.25) is 0 Å². The lowest BCUT2D eigenvalue weighted by Gasteiger charge is -1.94. The van der Waals surface area contributed by atoms with Crippen LogP contribution in [0.25, 0.3) is 0 Å². The minimum absolute atomic E-state index is 0.384. The molecule has 0 radical (unpaired) electrons. The van der Waals surface area contributed by atoms with E-state index < -0.39 is 0 Å². The van der Waals surface area contributed by atoms with Gasteiger partial charge >= 0.3 is 0 Å². The third kappa shape index (κ3) is 24.7. The molecule has 0 heterocycles. The highest BCUT2D eigenvalue weighted by atomic mass is 16.5. The van der Waals surface area contributed by atoms with Crippen LogP contribution in [0, 0.1) is 0 Å². The van der Waals surface area contributed by atoms with Crippen molar-refractivity contribution in [3.05, 3.63) is 0 Å². The molecule has 0 N–H and O–H groups in total. The Morgan fingerprint density at radius 3 is 1.60 bits per heavy atom. The first-order valence-electron chi connectivity index (χ1n) is 3.70. The number of rotatable bonds is 3. The fourth-order valence-corrected chi connectivity index (χ4v) is 0.204. The number of methoxy groups -OCH3 is 2. The van der Waals surface area contributed by atoms with E-state index in [1.165, 1.54) is 0 Å². The zero-order valence-electron chi connectivity index (χ0n) is 7.81. The van der Waals surface area contributed by atoms with Crippen LogP contribution < -0.4 is 0 Å². The van der Waals surface area contributed by atoms with Crippen LogP contribution in [0.5, 0.6) is 0 Å². The maximum absolute atomic E-state index is 4.75. The Kier molecular flexibility index (Phi) is 14.7. The molecule has 0 aromatic carbocycles. The van der Waals surface area contributed by atoms with Gasteiger partial charge in [-0.05, 0) is 20.3 Å². The molecule has 0 aromatic heterocycles. The van der Waals surface area contributed by atoms with Crippen LogP contribution in [0.15, 0.2) is 0 Å². The Labute approximate surface area is 64.5 Å². The Hall–Kier alpha value is -0.0800. The molecule has 0 aromatic rings. The van der Waals surface area contributed by atoms with Crippen LogP contribution in [0.1, 0.15) is 27.2 Å². The van der Waals surface area contributed by atoms with Gasteiger partial charge in [-0.15, -0.1) is 0 Å². The fraction of sp³-hybridized carbons (Fsp3) is 1.00. The van der Waals surface area contributed by atoms with Gasteiger partial charge in [-0.25, -0.2) is 0 Å². The number of hydrogen-bond donors (Lipinski definition) is 0. The first-order chi connectivity index (χ1) is 4.68. The van der Waals surface area contributed by atoms with Gasteiger partial charge in [0.05, 0.1) is 6.10 Å². The van der Waals surface area contributed by atoms with E-state index >= 15 is 0 Å². The Morgan fingerprint density at radius 1 is 1.20 bits per heavy atom. The Morgan fingerprint density at radius 2 is 1.60 bits per heavy atom. The molecule has 0 unspecified atom stereocenters. The number of ether oxygens (including phenoxy) is 2. The van der Waals surface area contributed by atoms with Crippen LogP contribution in [-0.2, 0) is 9.47 Å². The van der Waals surface area contributed by atoms with Crippen LogP contribution in [0.4, 0.5) is 0 Å². The summed E-state index contributed by atoms with van der Waals surface area (Å²) in [6.45, 7) is 6.98. The molecule has 0 amide bonds. The van der Waals surface area contributed by atoms with Gasteiger partial charge in [-0.1, -0.05) is 6.92 Å². The summed E-state index contributed by atoms with van der Waals surface area (Å²) in [5.74, 6) is 0. The summed E-state index contributed by atoms with van der Waals surface area (Å²) < 4.78 is 9.44. The van der Waals surface area contributed by atoms with E-state index in [0.717, 1.165) is 13.0 Å². The second-order valence-corrected chi connectivity index (χ2v) is 2.28. The maximum Gasteiger partial charge on any atom is 0.0515 e. The largest absolute Gasteiger partial charge is 0.385 e. The molecular formula is C8H20O2. The SMILES string of the molecule is CCCOC.COC(C)C. The third-order valence-electron chi connectivity index (χ3n) is 0.880. The molecule has 2 heteroatoms. The summed E-state index contributed by atoms with van der Waals surface area (Å²) in [6, 6.07) is 0. The zero-order chi connectivity index (χ0) is 8.41. The molecule has 0 spiro atoms. The lowest BCUT2D eigenvalue weighted by Crippen LogP contribution is -1.94. The van der Waals surface area contributed by atoms with Crippen molar-refractivity contribution in [3.8, 4) is 0 Å². The first-order valence-corrected chi connectivity index (χ1v) is 3.70. The van der Waals surface area contributed by atoms with Crippen LogP contribution in [0.2, 0.25) is 0 Å². The average molecular weight is 148 g/mol. The van der Waals surface area contributed by atoms with Crippen molar-refractivity contribution in [1.29, 1.82) is 0 Å². The normalized spacial score (nSPS) is 9.00. The molecule has 0 bridgehead atoms. The van der Waals surface area contributed by atoms with Crippen molar-refractivity contribution < 1.29 is 9.47 Å². The van der Waals surface area contributed by atoms with E-state index in [1.807, 2.05) is 13.8 Å². The van der Waals surface area contributed by atoms with Crippen molar-refractivity contribution in [2.75, 3.05) is 20.8 Å². The molecule has 0 rings (SSSR count). The van der Waals surface area contributed by atoms with Crippen molar-refractivity contribution in [3.63, 3.8) is 0 Å². The van der Waals surface area contributed by atoms with Gasteiger partial charge in [0.15, 0.2) is 0 Å². The van der Waals surface area contributed by atoms with Gasteiger partial charge in [0, 0.05) is 20.8 Å². The molecule has 0 aliphatic rings. The predicted octanol–water partition coefficient (Wildman–Crippen LogP) is 2.08. The van der Waals surface area contributed by atoms with Gasteiger partial charge < -0.3 is 9.47 Å². The summed E-state index contributed by atoms with van der Waals surface area (Å²) in [5.41, 5.74) is 0. The van der Waals surface area contributed by atoms with Crippen LogP contribution >= 0.6 is 0 Å². The quantitative estimate of drug-likeness (QED) is 0.610. The molecule has 0 aliphatic carbocycles. The van der Waals surface area contributed by atoms with Gasteiger partial charge in [0.1, 0.15) is 0 Å². The lowest BCUT2D eigenvalue weighted by molar-refractivity contribution is 0.134. The molecule has 0 fully saturated rings. The Bertz CT molecular complexity index is 42.5. The highest BCUT2D eigenvalue weighted by Crippen LogP contribution is 1.77. The molecule has 0 saturated heterocycles. The molecule has 64 valence electrons. The van der Waals surface area contributed by atoms with E-state index in [4.69, 9.17) is 9.47 Å². The molecule has 0 atom stereocenters. The van der Waals surface area contributed by atoms with E-state index in [0.29, 0.717) is 6.10 Å². The summed E-state index contributed by atoms with van der Waals surface area (Å²) in [4.78, 5) is 0. The monoisotopic (exact) mass is 148 g/mol. The summed E-state index contributed by atoms with van der Waals surface area (Å²) in [5, 5.41) is 0. The molecule has 0 saturated carbocycles. The van der Waals surface area contributed by atoms with Crippen LogP contribution in [-0.4, -0.2) is 26.9 Å². The first kappa shape index (κ1) is 12.6. The van der Waals surface area contributed by atoms with Crippen molar-refractivity contribution >= 4 is 0 Å². The third-order valence-corrected chi connectivity index (χ3v) is 0.880. The van der Waals surface area contributed by atoms with Crippen LogP contribution in [0.3, 0.4) is 0 Å². The van der Waals surface area contributed by atoms with Gasteiger partial charge in [-0.3, -0.25) is 0 Å². The topological polar surface area (TPSA) is 18.5 Å². The standard InChI is InChI=1S/2C4H10O/c1-4(2)5-3;1-3-4-5-2/h4H,1-3H3;3-4H2,1-2H3. The lowest BCUT2D eigenvalue weighted by atomic mass is 10.5. The van der Waals surface area contributed by atoms with Crippen molar-refractivity contribution in [1.82, 2.24) is 0 Å². The van der Waals surface area contributed by atoms with Gasteiger partial charge in [0.25, 0.3) is 0 Å². The molecule has 10 heavy (non-hydrogen) atoms. The zero-order valence-corrected chi connectivity index (χ0v) is 7.81. The predicted molar refractivity (Wildman–Crippen MR) is 44.3 cm³/mol. The van der Waals surface area contributed by atoms with E-state index in [9.17, 15) is 0 Å². The second-order valence-electron chi connectivity index (χ2n) is 2.28.